The molecular weight excluding hydrogens is 508 g/mol. The molecule has 40 heavy (non-hydrogen) atoms. The highest BCUT2D eigenvalue weighted by Gasteiger charge is 2.28. The Hall–Kier alpha value is -3.30. The van der Waals surface area contributed by atoms with Crippen LogP contribution in [0.5, 0.6) is 23.0 Å². The van der Waals surface area contributed by atoms with Crippen LogP contribution < -0.4 is 29.6 Å². The lowest BCUT2D eigenvalue weighted by molar-refractivity contribution is -0.0439. The van der Waals surface area contributed by atoms with Gasteiger partial charge in [-0.15, -0.1) is 0 Å². The van der Waals surface area contributed by atoms with Gasteiger partial charge in [-0.25, -0.2) is 0 Å². The van der Waals surface area contributed by atoms with E-state index in [0.29, 0.717) is 26.4 Å². The summed E-state index contributed by atoms with van der Waals surface area (Å²) in [6.07, 6.45) is -0.0788. The third-order valence-corrected chi connectivity index (χ3v) is 6.40. The zero-order valence-electron chi connectivity index (χ0n) is 23.6. The summed E-state index contributed by atoms with van der Waals surface area (Å²) in [5.41, 5.74) is 1.10. The Balaban J connectivity index is 0.000000194. The molecule has 2 fully saturated rings. The SMILES string of the molecule is CCOc1ccccc1OCC1CNCCO1.CCOc1ccccc1O[C@@H](c1ccccc1)[C@@H]1CNCCO1. The van der Waals surface area contributed by atoms with E-state index in [0.717, 1.165) is 61.3 Å². The van der Waals surface area contributed by atoms with Gasteiger partial charge in [0.25, 0.3) is 0 Å². The van der Waals surface area contributed by atoms with Crippen LogP contribution in [0.1, 0.15) is 25.5 Å². The highest BCUT2D eigenvalue weighted by atomic mass is 16.6. The Bertz CT molecular complexity index is 1100. The largest absolute Gasteiger partial charge is 0.490 e. The van der Waals surface area contributed by atoms with E-state index in [4.69, 9.17) is 28.4 Å². The van der Waals surface area contributed by atoms with Gasteiger partial charge in [0.1, 0.15) is 18.8 Å². The Morgan fingerprint density at radius 1 is 0.675 bits per heavy atom. The summed E-state index contributed by atoms with van der Waals surface area (Å²) in [4.78, 5) is 0. The van der Waals surface area contributed by atoms with Crippen molar-refractivity contribution >= 4 is 0 Å². The molecule has 3 atom stereocenters. The minimum atomic E-state index is -0.175. The average Bonchev–Trinajstić information content (AvgIpc) is 3.02. The number of nitrogens with one attached hydrogen (secondary N) is 2. The van der Waals surface area contributed by atoms with E-state index in [1.54, 1.807) is 0 Å². The summed E-state index contributed by atoms with van der Waals surface area (Å²) < 4.78 is 34.8. The molecule has 2 saturated heterocycles. The second-order valence-electron chi connectivity index (χ2n) is 9.33. The Morgan fingerprint density at radius 3 is 1.80 bits per heavy atom. The summed E-state index contributed by atoms with van der Waals surface area (Å²) in [6, 6.07) is 25.7. The lowest BCUT2D eigenvalue weighted by atomic mass is 10.0. The first kappa shape index (κ1) is 29.7. The molecular formula is C32H42N2O6. The molecule has 3 aromatic rings. The van der Waals surface area contributed by atoms with Crippen molar-refractivity contribution in [2.45, 2.75) is 32.2 Å². The number of ether oxygens (including phenoxy) is 6. The summed E-state index contributed by atoms with van der Waals surface area (Å²) in [5, 5.41) is 6.65. The van der Waals surface area contributed by atoms with Crippen LogP contribution in [0.25, 0.3) is 0 Å². The monoisotopic (exact) mass is 550 g/mol. The number of benzene rings is 3. The van der Waals surface area contributed by atoms with Gasteiger partial charge in [0.15, 0.2) is 29.1 Å². The van der Waals surface area contributed by atoms with E-state index in [2.05, 4.69) is 22.8 Å². The summed E-state index contributed by atoms with van der Waals surface area (Å²) in [7, 11) is 0. The second-order valence-corrected chi connectivity index (χ2v) is 9.33. The van der Waals surface area contributed by atoms with E-state index >= 15 is 0 Å². The van der Waals surface area contributed by atoms with Crippen molar-refractivity contribution in [2.75, 3.05) is 59.2 Å². The molecule has 8 heteroatoms. The van der Waals surface area contributed by atoms with Gasteiger partial charge in [-0.2, -0.15) is 0 Å². The molecule has 0 amide bonds. The van der Waals surface area contributed by atoms with Crippen LogP contribution >= 0.6 is 0 Å². The standard InChI is InChI=1S/C19H23NO3.C13H19NO3/c1-2-21-16-10-6-7-11-17(16)23-19(15-8-4-3-5-9-15)18-14-20-12-13-22-18;1-2-15-12-5-3-4-6-13(12)17-10-11-9-14-7-8-16-11/h3-11,18-20H,2,12-14H2,1H3;3-6,11,14H,2,7-10H2,1H3/t18-,19-;/m0./s1. The maximum absolute atomic E-state index is 6.33. The predicted molar refractivity (Wildman–Crippen MR) is 156 cm³/mol. The van der Waals surface area contributed by atoms with Gasteiger partial charge < -0.3 is 39.1 Å². The molecule has 0 radical (unpaired) electrons. The first-order valence-electron chi connectivity index (χ1n) is 14.2. The molecule has 8 nitrogen and oxygen atoms in total. The van der Waals surface area contributed by atoms with Crippen LogP contribution in [-0.2, 0) is 9.47 Å². The molecule has 0 spiro atoms. The highest BCUT2D eigenvalue weighted by Crippen LogP contribution is 2.33. The van der Waals surface area contributed by atoms with E-state index in [9.17, 15) is 0 Å². The lowest BCUT2D eigenvalue weighted by Crippen LogP contribution is -2.43. The van der Waals surface area contributed by atoms with Gasteiger partial charge in [-0.1, -0.05) is 54.6 Å². The first-order valence-corrected chi connectivity index (χ1v) is 14.2. The zero-order valence-corrected chi connectivity index (χ0v) is 23.6. The molecule has 5 rings (SSSR count). The molecule has 0 aromatic heterocycles. The molecule has 0 bridgehead atoms. The van der Waals surface area contributed by atoms with Crippen molar-refractivity contribution < 1.29 is 28.4 Å². The molecule has 0 saturated carbocycles. The van der Waals surface area contributed by atoms with Crippen LogP contribution in [0, 0.1) is 0 Å². The summed E-state index contributed by atoms with van der Waals surface area (Å²) >= 11 is 0. The van der Waals surface area contributed by atoms with Gasteiger partial charge in [0, 0.05) is 26.2 Å². The van der Waals surface area contributed by atoms with Crippen molar-refractivity contribution in [1.29, 1.82) is 0 Å². The summed E-state index contributed by atoms with van der Waals surface area (Å²) in [5.74, 6) is 3.08. The fraction of sp³-hybridized carbons (Fsp3) is 0.438. The Labute approximate surface area is 237 Å². The van der Waals surface area contributed by atoms with Crippen LogP contribution in [0.2, 0.25) is 0 Å². The van der Waals surface area contributed by atoms with Crippen LogP contribution in [0.15, 0.2) is 78.9 Å². The van der Waals surface area contributed by atoms with Gasteiger partial charge in [-0.3, -0.25) is 0 Å². The number of hydrogen-bond donors (Lipinski definition) is 2. The molecule has 3 aromatic carbocycles. The van der Waals surface area contributed by atoms with Crippen LogP contribution in [-0.4, -0.2) is 71.4 Å². The maximum Gasteiger partial charge on any atom is 0.162 e. The third-order valence-electron chi connectivity index (χ3n) is 6.40. The van der Waals surface area contributed by atoms with Crippen LogP contribution in [0.4, 0.5) is 0 Å². The zero-order chi connectivity index (χ0) is 27.8. The molecule has 2 N–H and O–H groups in total. The fourth-order valence-corrected chi connectivity index (χ4v) is 4.49. The average molecular weight is 551 g/mol. The normalized spacial score (nSPS) is 19.4. The minimum absolute atomic E-state index is 0.0270. The van der Waals surface area contributed by atoms with Gasteiger partial charge in [0.05, 0.1) is 26.4 Å². The smallest absolute Gasteiger partial charge is 0.162 e. The van der Waals surface area contributed by atoms with Gasteiger partial charge in [-0.05, 0) is 43.7 Å². The number of rotatable bonds is 11. The number of para-hydroxylation sites is 4. The fourth-order valence-electron chi connectivity index (χ4n) is 4.49. The van der Waals surface area contributed by atoms with E-state index in [-0.39, 0.29) is 18.3 Å². The maximum atomic E-state index is 6.33. The molecule has 1 unspecified atom stereocenters. The number of morpholine rings is 2. The van der Waals surface area contributed by atoms with Gasteiger partial charge >= 0.3 is 0 Å². The second kappa shape index (κ2) is 16.7. The highest BCUT2D eigenvalue weighted by molar-refractivity contribution is 5.40. The molecule has 2 aliphatic heterocycles. The Kier molecular flexibility index (Phi) is 12.4. The Morgan fingerprint density at radius 2 is 1.23 bits per heavy atom. The van der Waals surface area contributed by atoms with Crippen molar-refractivity contribution in [3.8, 4) is 23.0 Å². The summed E-state index contributed by atoms with van der Waals surface area (Å²) in [6.45, 7) is 10.6. The quantitative estimate of drug-likeness (QED) is 0.357. The molecule has 0 aliphatic carbocycles. The van der Waals surface area contributed by atoms with E-state index < -0.39 is 0 Å². The topological polar surface area (TPSA) is 79.4 Å². The van der Waals surface area contributed by atoms with Gasteiger partial charge in [0.2, 0.25) is 0 Å². The van der Waals surface area contributed by atoms with Crippen molar-refractivity contribution in [3.05, 3.63) is 84.4 Å². The minimum Gasteiger partial charge on any atom is -0.490 e. The third kappa shape index (κ3) is 9.13. The van der Waals surface area contributed by atoms with E-state index in [1.165, 1.54) is 0 Å². The molecule has 2 heterocycles. The van der Waals surface area contributed by atoms with Crippen molar-refractivity contribution in [1.82, 2.24) is 10.6 Å². The lowest BCUT2D eigenvalue weighted by Gasteiger charge is -2.32. The first-order chi connectivity index (χ1) is 19.8. The molecule has 2 aliphatic rings. The number of hydrogen-bond acceptors (Lipinski definition) is 8. The van der Waals surface area contributed by atoms with Crippen LogP contribution in [0.3, 0.4) is 0 Å². The van der Waals surface area contributed by atoms with E-state index in [1.807, 2.05) is 80.6 Å². The predicted octanol–water partition coefficient (Wildman–Crippen LogP) is 4.65. The van der Waals surface area contributed by atoms with Crippen molar-refractivity contribution in [3.63, 3.8) is 0 Å². The van der Waals surface area contributed by atoms with Crippen molar-refractivity contribution in [2.24, 2.45) is 0 Å². The molecule has 216 valence electrons.